The minimum atomic E-state index is 0.219. The first-order valence-corrected chi connectivity index (χ1v) is 4.48. The standard InChI is InChI=1S/C6H10N2S2/c7-3-1-6(9)5-2-4-10-8-5/h2,4,6,9H,1,3,7H2. The van der Waals surface area contributed by atoms with E-state index in [9.17, 15) is 0 Å². The van der Waals surface area contributed by atoms with Crippen LogP contribution in [0.2, 0.25) is 0 Å². The summed E-state index contributed by atoms with van der Waals surface area (Å²) in [5.41, 5.74) is 6.40. The molecule has 1 aromatic rings. The lowest BCUT2D eigenvalue weighted by molar-refractivity contribution is 0.806. The Morgan fingerprint density at radius 1 is 1.80 bits per heavy atom. The molecule has 0 saturated carbocycles. The Morgan fingerprint density at radius 3 is 3.10 bits per heavy atom. The molecule has 1 unspecified atom stereocenters. The fourth-order valence-corrected chi connectivity index (χ4v) is 1.64. The van der Waals surface area contributed by atoms with Crippen molar-refractivity contribution >= 4 is 24.2 Å². The summed E-state index contributed by atoms with van der Waals surface area (Å²) >= 11 is 5.78. The zero-order chi connectivity index (χ0) is 7.40. The van der Waals surface area contributed by atoms with Gasteiger partial charge in [-0.25, -0.2) is 0 Å². The highest BCUT2D eigenvalue weighted by Crippen LogP contribution is 2.21. The predicted octanol–water partition coefficient (Wildman–Crippen LogP) is 1.46. The van der Waals surface area contributed by atoms with Gasteiger partial charge in [0.15, 0.2) is 0 Å². The van der Waals surface area contributed by atoms with Crippen molar-refractivity contribution in [2.24, 2.45) is 5.73 Å². The van der Waals surface area contributed by atoms with Gasteiger partial charge in [0.05, 0.1) is 5.69 Å². The van der Waals surface area contributed by atoms with Gasteiger partial charge in [0.1, 0.15) is 0 Å². The van der Waals surface area contributed by atoms with Gasteiger partial charge in [-0.2, -0.15) is 17.0 Å². The van der Waals surface area contributed by atoms with Gasteiger partial charge in [-0.05, 0) is 30.6 Å². The minimum absolute atomic E-state index is 0.219. The average molecular weight is 174 g/mol. The SMILES string of the molecule is NCCC(S)c1ccsn1. The summed E-state index contributed by atoms with van der Waals surface area (Å²) in [5, 5.41) is 2.17. The highest BCUT2D eigenvalue weighted by Gasteiger charge is 2.05. The van der Waals surface area contributed by atoms with Gasteiger partial charge in [0.25, 0.3) is 0 Å². The van der Waals surface area contributed by atoms with Crippen molar-refractivity contribution in [3.8, 4) is 0 Å². The van der Waals surface area contributed by atoms with Crippen molar-refractivity contribution in [3.63, 3.8) is 0 Å². The molecule has 2 N–H and O–H groups in total. The molecule has 1 rings (SSSR count). The first kappa shape index (κ1) is 8.04. The van der Waals surface area contributed by atoms with E-state index in [1.807, 2.05) is 11.4 Å². The van der Waals surface area contributed by atoms with Crippen LogP contribution in [0.4, 0.5) is 0 Å². The Kier molecular flexibility index (Phi) is 3.18. The second-order valence-corrected chi connectivity index (χ2v) is 3.31. The Labute approximate surface area is 70.0 Å². The molecule has 0 radical (unpaired) electrons. The molecular weight excluding hydrogens is 164 g/mol. The summed E-state index contributed by atoms with van der Waals surface area (Å²) in [6.45, 7) is 0.672. The topological polar surface area (TPSA) is 38.9 Å². The summed E-state index contributed by atoms with van der Waals surface area (Å²) in [7, 11) is 0. The predicted molar refractivity (Wildman–Crippen MR) is 47.5 cm³/mol. The van der Waals surface area contributed by atoms with Gasteiger partial charge in [-0.3, -0.25) is 0 Å². The van der Waals surface area contributed by atoms with Gasteiger partial charge < -0.3 is 5.73 Å². The van der Waals surface area contributed by atoms with Gasteiger partial charge in [0.2, 0.25) is 0 Å². The van der Waals surface area contributed by atoms with Crippen LogP contribution in [0, 0.1) is 0 Å². The third-order valence-electron chi connectivity index (χ3n) is 1.24. The molecule has 0 aromatic carbocycles. The van der Waals surface area contributed by atoms with E-state index in [1.165, 1.54) is 11.5 Å². The van der Waals surface area contributed by atoms with Crippen molar-refractivity contribution in [1.29, 1.82) is 0 Å². The maximum absolute atomic E-state index is 5.36. The lowest BCUT2D eigenvalue weighted by Gasteiger charge is -2.03. The first-order valence-electron chi connectivity index (χ1n) is 3.13. The monoisotopic (exact) mass is 174 g/mol. The summed E-state index contributed by atoms with van der Waals surface area (Å²) in [5.74, 6) is 0. The molecule has 10 heavy (non-hydrogen) atoms. The lowest BCUT2D eigenvalue weighted by Crippen LogP contribution is -2.02. The quantitative estimate of drug-likeness (QED) is 0.681. The minimum Gasteiger partial charge on any atom is -0.330 e. The molecule has 0 aliphatic carbocycles. The smallest absolute Gasteiger partial charge is 0.0669 e. The maximum atomic E-state index is 5.36. The highest BCUT2D eigenvalue weighted by atomic mass is 32.1. The van der Waals surface area contributed by atoms with Crippen LogP contribution >= 0.6 is 24.2 Å². The maximum Gasteiger partial charge on any atom is 0.0669 e. The summed E-state index contributed by atoms with van der Waals surface area (Å²) in [4.78, 5) is 0. The molecule has 56 valence electrons. The largest absolute Gasteiger partial charge is 0.330 e. The third kappa shape index (κ3) is 1.97. The zero-order valence-electron chi connectivity index (χ0n) is 5.53. The molecule has 1 atom stereocenters. The van der Waals surface area contributed by atoms with Gasteiger partial charge in [0, 0.05) is 10.6 Å². The van der Waals surface area contributed by atoms with Gasteiger partial charge in [-0.1, -0.05) is 0 Å². The molecule has 0 amide bonds. The van der Waals surface area contributed by atoms with Crippen LogP contribution < -0.4 is 5.73 Å². The molecule has 2 nitrogen and oxygen atoms in total. The Hall–Kier alpha value is -0.0600. The number of nitrogens with two attached hydrogens (primary N) is 1. The summed E-state index contributed by atoms with van der Waals surface area (Å²) in [6, 6.07) is 1.98. The second-order valence-electron chi connectivity index (χ2n) is 2.02. The summed E-state index contributed by atoms with van der Waals surface area (Å²) in [6.07, 6.45) is 0.896. The van der Waals surface area contributed by atoms with E-state index in [4.69, 9.17) is 5.73 Å². The molecule has 0 saturated heterocycles. The van der Waals surface area contributed by atoms with Crippen LogP contribution in [-0.2, 0) is 0 Å². The molecule has 1 aromatic heterocycles. The van der Waals surface area contributed by atoms with Crippen LogP contribution in [0.1, 0.15) is 17.4 Å². The van der Waals surface area contributed by atoms with Crippen LogP contribution in [0.15, 0.2) is 11.4 Å². The van der Waals surface area contributed by atoms with Crippen molar-refractivity contribution in [2.45, 2.75) is 11.7 Å². The molecule has 0 fully saturated rings. The first-order chi connectivity index (χ1) is 4.84. The molecule has 4 heteroatoms. The number of rotatable bonds is 3. The third-order valence-corrected chi connectivity index (χ3v) is 2.34. The molecule has 0 spiro atoms. The van der Waals surface area contributed by atoms with E-state index < -0.39 is 0 Å². The number of hydrogen-bond donors (Lipinski definition) is 2. The van der Waals surface area contributed by atoms with E-state index in [0.29, 0.717) is 6.54 Å². The molecule has 0 aliphatic rings. The number of hydrogen-bond acceptors (Lipinski definition) is 4. The fourth-order valence-electron chi connectivity index (χ4n) is 0.700. The average Bonchev–Trinajstić information content (AvgIpc) is 2.38. The van der Waals surface area contributed by atoms with Crippen LogP contribution in [0.5, 0.6) is 0 Å². The number of aromatic nitrogens is 1. The van der Waals surface area contributed by atoms with Gasteiger partial charge in [-0.15, -0.1) is 0 Å². The molecule has 0 aliphatic heterocycles. The Morgan fingerprint density at radius 2 is 2.60 bits per heavy atom. The Bertz CT molecular complexity index is 174. The van der Waals surface area contributed by atoms with Crippen molar-refractivity contribution < 1.29 is 0 Å². The molecule has 1 heterocycles. The van der Waals surface area contributed by atoms with E-state index in [0.717, 1.165) is 12.1 Å². The van der Waals surface area contributed by atoms with Gasteiger partial charge >= 0.3 is 0 Å². The van der Waals surface area contributed by atoms with E-state index in [-0.39, 0.29) is 5.25 Å². The van der Waals surface area contributed by atoms with Crippen LogP contribution in [0.25, 0.3) is 0 Å². The number of nitrogens with zero attached hydrogens (tertiary/aromatic N) is 1. The molecular formula is C6H10N2S2. The van der Waals surface area contributed by atoms with Crippen molar-refractivity contribution in [3.05, 3.63) is 17.1 Å². The molecule has 0 bridgehead atoms. The lowest BCUT2D eigenvalue weighted by atomic mass is 10.2. The van der Waals surface area contributed by atoms with Crippen molar-refractivity contribution in [2.75, 3.05) is 6.54 Å². The van der Waals surface area contributed by atoms with E-state index >= 15 is 0 Å². The second kappa shape index (κ2) is 3.95. The van der Waals surface area contributed by atoms with E-state index in [2.05, 4.69) is 17.0 Å². The summed E-state index contributed by atoms with van der Waals surface area (Å²) < 4.78 is 4.14. The van der Waals surface area contributed by atoms with Crippen LogP contribution in [-0.4, -0.2) is 10.9 Å². The number of thiol groups is 1. The zero-order valence-corrected chi connectivity index (χ0v) is 7.24. The van der Waals surface area contributed by atoms with E-state index in [1.54, 1.807) is 0 Å². The van der Waals surface area contributed by atoms with Crippen molar-refractivity contribution in [1.82, 2.24) is 4.37 Å². The van der Waals surface area contributed by atoms with Crippen LogP contribution in [0.3, 0.4) is 0 Å². The Balaban J connectivity index is 2.50. The highest BCUT2D eigenvalue weighted by molar-refractivity contribution is 7.80. The fraction of sp³-hybridized carbons (Fsp3) is 0.500. The normalized spacial score (nSPS) is 13.4.